The molecule has 3 heterocycles. The molecule has 9 heteroatoms. The highest BCUT2D eigenvalue weighted by Gasteiger charge is 2.18. The Kier molecular flexibility index (Phi) is 8.21. The first kappa shape index (κ1) is 25.1. The van der Waals surface area contributed by atoms with Crippen LogP contribution in [0.3, 0.4) is 0 Å². The number of hydrogen-bond donors (Lipinski definition) is 1. The van der Waals surface area contributed by atoms with Crippen LogP contribution in [-0.2, 0) is 15.9 Å². The van der Waals surface area contributed by atoms with Crippen molar-refractivity contribution in [3.8, 4) is 28.8 Å². The van der Waals surface area contributed by atoms with Crippen molar-refractivity contribution in [2.24, 2.45) is 0 Å². The van der Waals surface area contributed by atoms with Gasteiger partial charge in [0.25, 0.3) is 0 Å². The molecule has 0 spiro atoms. The Morgan fingerprint density at radius 3 is 2.76 bits per heavy atom. The third kappa shape index (κ3) is 6.60. The molecule has 0 amide bonds. The number of ether oxygens (including phenoxy) is 4. The Bertz CT molecular complexity index is 1250. The molecule has 8 nitrogen and oxygen atoms in total. The van der Waals surface area contributed by atoms with Gasteiger partial charge in [-0.05, 0) is 42.0 Å². The molecule has 0 aliphatic carbocycles. The Labute approximate surface area is 215 Å². The van der Waals surface area contributed by atoms with Crippen molar-refractivity contribution in [1.82, 2.24) is 15.3 Å². The van der Waals surface area contributed by atoms with E-state index in [1.54, 1.807) is 30.5 Å². The molecular weight excluding hydrogens is 475 g/mol. The lowest BCUT2D eigenvalue weighted by molar-refractivity contribution is 0.0254. The molecule has 3 aromatic rings. The highest BCUT2D eigenvalue weighted by molar-refractivity contribution is 5.64. The molecule has 1 aromatic heterocycles. The van der Waals surface area contributed by atoms with Crippen molar-refractivity contribution in [3.63, 3.8) is 0 Å². The van der Waals surface area contributed by atoms with E-state index in [2.05, 4.69) is 16.4 Å². The maximum absolute atomic E-state index is 14.3. The van der Waals surface area contributed by atoms with Gasteiger partial charge >= 0.3 is 0 Å². The summed E-state index contributed by atoms with van der Waals surface area (Å²) in [5.41, 5.74) is 2.78. The van der Waals surface area contributed by atoms with Gasteiger partial charge in [-0.3, -0.25) is 0 Å². The van der Waals surface area contributed by atoms with Gasteiger partial charge in [-0.2, -0.15) is 5.26 Å². The summed E-state index contributed by atoms with van der Waals surface area (Å²) in [6.45, 7) is 3.63. The minimum atomic E-state index is -0.415. The first-order valence-electron chi connectivity index (χ1n) is 12.5. The second-order valence-electron chi connectivity index (χ2n) is 9.09. The van der Waals surface area contributed by atoms with E-state index in [0.29, 0.717) is 62.3 Å². The van der Waals surface area contributed by atoms with Crippen LogP contribution in [0.25, 0.3) is 11.3 Å². The Balaban J connectivity index is 1.28. The van der Waals surface area contributed by atoms with Crippen molar-refractivity contribution in [1.29, 1.82) is 5.26 Å². The molecule has 37 heavy (non-hydrogen) atoms. The van der Waals surface area contributed by atoms with Gasteiger partial charge in [0.05, 0.1) is 43.7 Å². The van der Waals surface area contributed by atoms with Crippen molar-refractivity contribution in [3.05, 3.63) is 71.4 Å². The molecule has 0 saturated carbocycles. The van der Waals surface area contributed by atoms with Gasteiger partial charge in [0.15, 0.2) is 11.6 Å². The minimum absolute atomic E-state index is 0.0311. The van der Waals surface area contributed by atoms with Crippen molar-refractivity contribution < 1.29 is 23.3 Å². The van der Waals surface area contributed by atoms with Gasteiger partial charge in [-0.1, -0.05) is 6.07 Å². The van der Waals surface area contributed by atoms with Crippen LogP contribution in [0.4, 0.5) is 4.39 Å². The van der Waals surface area contributed by atoms with Gasteiger partial charge in [0, 0.05) is 37.6 Å². The summed E-state index contributed by atoms with van der Waals surface area (Å²) < 4.78 is 36.9. The van der Waals surface area contributed by atoms with Gasteiger partial charge < -0.3 is 24.3 Å². The standard InChI is InChI=1S/C28H29FN4O4/c29-24-3-1-19(13-27(24)36-18-22-17-35-12-9-31-22)14-28-32-8-5-25(33-28)20-2-4-26(21(15-20)16-30)37-23-6-10-34-11-7-23/h1-5,8,13,15,22-23,31H,6-7,9-12,14,17-18H2. The lowest BCUT2D eigenvalue weighted by atomic mass is 10.1. The Hall–Kier alpha value is -3.58. The van der Waals surface area contributed by atoms with Crippen LogP contribution >= 0.6 is 0 Å². The molecule has 2 saturated heterocycles. The van der Waals surface area contributed by atoms with Gasteiger partial charge in [-0.15, -0.1) is 0 Å². The minimum Gasteiger partial charge on any atom is -0.489 e. The van der Waals surface area contributed by atoms with Crippen LogP contribution in [0, 0.1) is 17.1 Å². The molecule has 1 unspecified atom stereocenters. The highest BCUT2D eigenvalue weighted by Crippen LogP contribution is 2.28. The third-order valence-electron chi connectivity index (χ3n) is 6.36. The van der Waals surface area contributed by atoms with Crippen LogP contribution in [0.15, 0.2) is 48.7 Å². The summed E-state index contributed by atoms with van der Waals surface area (Å²) in [4.78, 5) is 9.09. The van der Waals surface area contributed by atoms with E-state index in [1.165, 1.54) is 6.07 Å². The molecule has 0 radical (unpaired) electrons. The predicted molar refractivity (Wildman–Crippen MR) is 134 cm³/mol. The van der Waals surface area contributed by atoms with Crippen LogP contribution in [0.1, 0.15) is 29.8 Å². The maximum atomic E-state index is 14.3. The number of nitriles is 1. The fourth-order valence-corrected chi connectivity index (χ4v) is 4.37. The number of rotatable bonds is 8. The first-order valence-corrected chi connectivity index (χ1v) is 12.5. The normalized spacial score (nSPS) is 18.2. The van der Waals surface area contributed by atoms with Gasteiger partial charge in [0.1, 0.15) is 30.4 Å². The molecule has 2 aromatic carbocycles. The second kappa shape index (κ2) is 12.1. The molecule has 2 aliphatic heterocycles. The van der Waals surface area contributed by atoms with E-state index >= 15 is 0 Å². The average Bonchev–Trinajstić information content (AvgIpc) is 2.95. The summed E-state index contributed by atoms with van der Waals surface area (Å²) >= 11 is 0. The summed E-state index contributed by atoms with van der Waals surface area (Å²) in [7, 11) is 0. The molecule has 2 aliphatic rings. The first-order chi connectivity index (χ1) is 18.2. The number of nitrogens with one attached hydrogen (secondary N) is 1. The molecule has 192 valence electrons. The van der Waals surface area contributed by atoms with E-state index in [4.69, 9.17) is 23.9 Å². The molecule has 5 rings (SSSR count). The molecule has 2 fully saturated rings. The van der Waals surface area contributed by atoms with E-state index in [0.717, 1.165) is 30.5 Å². The number of nitrogens with zero attached hydrogens (tertiary/aromatic N) is 3. The highest BCUT2D eigenvalue weighted by atomic mass is 19.1. The molecular formula is C28H29FN4O4. The molecule has 1 N–H and O–H groups in total. The lowest BCUT2D eigenvalue weighted by Crippen LogP contribution is -2.44. The van der Waals surface area contributed by atoms with E-state index in [-0.39, 0.29) is 17.9 Å². The van der Waals surface area contributed by atoms with Gasteiger partial charge in [-0.25, -0.2) is 14.4 Å². The Morgan fingerprint density at radius 1 is 1.05 bits per heavy atom. The zero-order valence-electron chi connectivity index (χ0n) is 20.5. The van der Waals surface area contributed by atoms with E-state index in [9.17, 15) is 9.65 Å². The average molecular weight is 505 g/mol. The third-order valence-corrected chi connectivity index (χ3v) is 6.36. The number of aromatic nitrogens is 2. The topological polar surface area (TPSA) is 98.5 Å². The summed E-state index contributed by atoms with van der Waals surface area (Å²) in [6.07, 6.45) is 3.76. The maximum Gasteiger partial charge on any atom is 0.165 e. The monoisotopic (exact) mass is 504 g/mol. The quantitative estimate of drug-likeness (QED) is 0.496. The summed E-state index contributed by atoms with van der Waals surface area (Å²) in [5, 5.41) is 13.0. The van der Waals surface area contributed by atoms with E-state index in [1.807, 2.05) is 12.1 Å². The van der Waals surface area contributed by atoms with Gasteiger partial charge in [0.2, 0.25) is 0 Å². The fraction of sp³-hybridized carbons (Fsp3) is 0.393. The number of benzene rings is 2. The zero-order chi connectivity index (χ0) is 25.5. The van der Waals surface area contributed by atoms with Crippen LogP contribution in [-0.4, -0.2) is 61.7 Å². The Morgan fingerprint density at radius 2 is 1.95 bits per heavy atom. The van der Waals surface area contributed by atoms with Crippen molar-refractivity contribution in [2.75, 3.05) is 39.6 Å². The predicted octanol–water partition coefficient (Wildman–Crippen LogP) is 3.67. The second-order valence-corrected chi connectivity index (χ2v) is 9.09. The number of morpholine rings is 1. The smallest absolute Gasteiger partial charge is 0.165 e. The molecule has 1 atom stereocenters. The van der Waals surface area contributed by atoms with Crippen molar-refractivity contribution >= 4 is 0 Å². The SMILES string of the molecule is N#Cc1cc(-c2ccnc(Cc3ccc(F)c(OCC4COCCN4)c3)n2)ccc1OC1CCOCC1. The molecule has 0 bridgehead atoms. The zero-order valence-corrected chi connectivity index (χ0v) is 20.5. The summed E-state index contributed by atoms with van der Waals surface area (Å²) in [6, 6.07) is 14.4. The number of hydrogen-bond acceptors (Lipinski definition) is 8. The number of halogens is 1. The van der Waals surface area contributed by atoms with Crippen molar-refractivity contribution in [2.45, 2.75) is 31.4 Å². The van der Waals surface area contributed by atoms with Crippen LogP contribution < -0.4 is 14.8 Å². The van der Waals surface area contributed by atoms with E-state index < -0.39 is 5.82 Å². The lowest BCUT2D eigenvalue weighted by Gasteiger charge is -2.24. The largest absolute Gasteiger partial charge is 0.489 e. The summed E-state index contributed by atoms with van der Waals surface area (Å²) in [5.74, 6) is 0.932. The fourth-order valence-electron chi connectivity index (χ4n) is 4.37. The van der Waals surface area contributed by atoms with Crippen LogP contribution in [0.2, 0.25) is 0 Å². The van der Waals surface area contributed by atoms with Crippen LogP contribution in [0.5, 0.6) is 11.5 Å².